The van der Waals surface area contributed by atoms with Crippen molar-refractivity contribution in [2.75, 3.05) is 19.0 Å². The number of hydrogen-bond acceptors (Lipinski definition) is 4. The molecule has 0 spiro atoms. The smallest absolute Gasteiger partial charge is 0.140 e. The number of nitrogens with zero attached hydrogens (tertiary/aromatic N) is 5. The highest BCUT2D eigenvalue weighted by Crippen LogP contribution is 2.25. The summed E-state index contributed by atoms with van der Waals surface area (Å²) in [5, 5.41) is 0. The van der Waals surface area contributed by atoms with E-state index in [0.29, 0.717) is 0 Å². The largest absolute Gasteiger partial charge is 0.376 e. The Morgan fingerprint density at radius 2 is 2.11 bits per heavy atom. The van der Waals surface area contributed by atoms with E-state index in [-0.39, 0.29) is 0 Å². The summed E-state index contributed by atoms with van der Waals surface area (Å²) < 4.78 is 3.05. The van der Waals surface area contributed by atoms with Crippen LogP contribution < -0.4 is 4.90 Å². The Labute approximate surface area is 124 Å². The van der Waals surface area contributed by atoms with Crippen molar-refractivity contribution in [2.24, 2.45) is 0 Å². The van der Waals surface area contributed by atoms with Gasteiger partial charge in [-0.25, -0.2) is 9.97 Å². The minimum Gasteiger partial charge on any atom is -0.376 e. The summed E-state index contributed by atoms with van der Waals surface area (Å²) in [6.45, 7) is 0. The monoisotopic (exact) mass is 365 g/mol. The Hall–Kier alpha value is -1.70. The average Bonchev–Trinajstić information content (AvgIpc) is 2.81. The number of hydrogen-bond donors (Lipinski definition) is 0. The molecular weight excluding hydrogens is 353 g/mol. The number of rotatable bonds is 2. The minimum absolute atomic E-state index is 0.858. The second kappa shape index (κ2) is 4.76. The summed E-state index contributed by atoms with van der Waals surface area (Å²) in [5.74, 6) is 0. The third-order valence-corrected chi connectivity index (χ3v) is 3.70. The molecule has 0 amide bonds. The molecule has 19 heavy (non-hydrogen) atoms. The molecule has 0 aliphatic rings. The highest BCUT2D eigenvalue weighted by atomic mass is 127. The summed E-state index contributed by atoms with van der Waals surface area (Å²) in [6, 6.07) is 3.92. The van der Waals surface area contributed by atoms with Crippen LogP contribution in [0.2, 0.25) is 0 Å². The number of fused-ring (bicyclic) bond motifs is 1. The highest BCUT2D eigenvalue weighted by molar-refractivity contribution is 14.1. The third kappa shape index (κ3) is 2.27. The molecule has 0 unspecified atom stereocenters. The van der Waals surface area contributed by atoms with Crippen LogP contribution in [0.1, 0.15) is 0 Å². The lowest BCUT2D eigenvalue weighted by molar-refractivity contribution is 1.09. The van der Waals surface area contributed by atoms with Crippen LogP contribution >= 0.6 is 22.6 Å². The van der Waals surface area contributed by atoms with Gasteiger partial charge in [0.1, 0.15) is 17.7 Å². The fourth-order valence-corrected chi connectivity index (χ4v) is 2.78. The number of pyridine rings is 1. The van der Waals surface area contributed by atoms with Gasteiger partial charge in [0, 0.05) is 30.1 Å². The molecule has 0 N–H and O–H groups in total. The lowest BCUT2D eigenvalue weighted by Gasteiger charge is -2.14. The first-order chi connectivity index (χ1) is 9.15. The molecule has 0 fully saturated rings. The van der Waals surface area contributed by atoms with Gasteiger partial charge in [0.25, 0.3) is 0 Å². The second-order valence-electron chi connectivity index (χ2n) is 4.39. The van der Waals surface area contributed by atoms with Crippen molar-refractivity contribution >= 4 is 33.9 Å². The molecule has 0 aliphatic carbocycles. The zero-order chi connectivity index (χ0) is 13.4. The molecule has 0 aromatic carbocycles. The van der Waals surface area contributed by atoms with Crippen molar-refractivity contribution in [3.63, 3.8) is 0 Å². The van der Waals surface area contributed by atoms with Crippen molar-refractivity contribution in [3.8, 4) is 11.4 Å². The molecule has 0 bridgehead atoms. The van der Waals surface area contributed by atoms with E-state index in [1.54, 1.807) is 12.5 Å². The van der Waals surface area contributed by atoms with Crippen LogP contribution in [0.5, 0.6) is 0 Å². The second-order valence-corrected chi connectivity index (χ2v) is 5.55. The Balaban J connectivity index is 2.09. The van der Waals surface area contributed by atoms with Gasteiger partial charge in [-0.05, 0) is 34.7 Å². The maximum atomic E-state index is 4.54. The number of imidazole rings is 1. The molecule has 3 aromatic heterocycles. The first-order valence-corrected chi connectivity index (χ1v) is 6.85. The molecule has 0 aliphatic heterocycles. The topological polar surface area (TPSA) is 46.3 Å². The summed E-state index contributed by atoms with van der Waals surface area (Å²) in [5.41, 5.74) is 3.71. The predicted octanol–water partition coefficient (Wildman–Crippen LogP) is 2.46. The number of aromatic nitrogens is 4. The van der Waals surface area contributed by atoms with Crippen LogP contribution in [0.3, 0.4) is 0 Å². The first kappa shape index (κ1) is 12.3. The van der Waals surface area contributed by atoms with Crippen LogP contribution in [0.4, 0.5) is 5.69 Å². The van der Waals surface area contributed by atoms with Crippen LogP contribution in [0, 0.1) is 3.57 Å². The van der Waals surface area contributed by atoms with Crippen LogP contribution in [0.25, 0.3) is 17.0 Å². The Morgan fingerprint density at radius 3 is 2.79 bits per heavy atom. The first-order valence-electron chi connectivity index (χ1n) is 5.77. The van der Waals surface area contributed by atoms with Crippen molar-refractivity contribution < 1.29 is 0 Å². The van der Waals surface area contributed by atoms with Gasteiger partial charge in [-0.15, -0.1) is 0 Å². The average molecular weight is 365 g/mol. The molecule has 0 saturated heterocycles. The van der Waals surface area contributed by atoms with Crippen LogP contribution in [-0.4, -0.2) is 33.4 Å². The van der Waals surface area contributed by atoms with Gasteiger partial charge < -0.3 is 4.90 Å². The summed E-state index contributed by atoms with van der Waals surface area (Å²) >= 11 is 2.32. The van der Waals surface area contributed by atoms with Crippen molar-refractivity contribution in [3.05, 3.63) is 40.6 Å². The van der Waals surface area contributed by atoms with E-state index >= 15 is 0 Å². The van der Waals surface area contributed by atoms with Crippen LogP contribution in [0.15, 0.2) is 37.1 Å². The van der Waals surface area contributed by atoms with Gasteiger partial charge in [-0.2, -0.15) is 0 Å². The molecule has 3 aromatic rings. The van der Waals surface area contributed by atoms with Gasteiger partial charge >= 0.3 is 0 Å². The molecule has 0 radical (unpaired) electrons. The zero-order valence-electron chi connectivity index (χ0n) is 10.6. The number of halogens is 1. The van der Waals surface area contributed by atoms with Crippen molar-refractivity contribution in [2.45, 2.75) is 0 Å². The molecule has 3 rings (SSSR count). The summed E-state index contributed by atoms with van der Waals surface area (Å²) in [7, 11) is 4.02. The zero-order valence-corrected chi connectivity index (χ0v) is 12.7. The molecule has 6 heteroatoms. The highest BCUT2D eigenvalue weighted by Gasteiger charge is 2.09. The summed E-state index contributed by atoms with van der Waals surface area (Å²) in [6.07, 6.45) is 7.29. The SMILES string of the molecule is CN(C)c1cnc(-c2cn3cnccc3n2)cc1I. The van der Waals surface area contributed by atoms with Crippen molar-refractivity contribution in [1.29, 1.82) is 0 Å². The molecule has 0 saturated carbocycles. The molecule has 96 valence electrons. The van der Waals surface area contributed by atoms with E-state index in [4.69, 9.17) is 0 Å². The lowest BCUT2D eigenvalue weighted by atomic mass is 10.3. The predicted molar refractivity (Wildman–Crippen MR) is 83.3 cm³/mol. The molecular formula is C13H12IN5. The minimum atomic E-state index is 0.858. The Bertz CT molecular complexity index is 702. The normalized spacial score (nSPS) is 10.9. The fraction of sp³-hybridized carbons (Fsp3) is 0.154. The molecule has 0 atom stereocenters. The van der Waals surface area contributed by atoms with Crippen LogP contribution in [-0.2, 0) is 0 Å². The quantitative estimate of drug-likeness (QED) is 0.655. The van der Waals surface area contributed by atoms with E-state index in [1.165, 1.54) is 0 Å². The maximum Gasteiger partial charge on any atom is 0.140 e. The molecule has 3 heterocycles. The lowest BCUT2D eigenvalue weighted by Crippen LogP contribution is -2.10. The van der Waals surface area contributed by atoms with E-state index in [9.17, 15) is 0 Å². The third-order valence-electron chi connectivity index (χ3n) is 2.84. The van der Waals surface area contributed by atoms with Gasteiger partial charge in [0.2, 0.25) is 0 Å². The van der Waals surface area contributed by atoms with Gasteiger partial charge in [0.15, 0.2) is 0 Å². The Kier molecular flexibility index (Phi) is 3.09. The van der Waals surface area contributed by atoms with E-state index in [1.807, 2.05) is 47.9 Å². The van der Waals surface area contributed by atoms with Crippen molar-refractivity contribution in [1.82, 2.24) is 19.4 Å². The van der Waals surface area contributed by atoms with Gasteiger partial charge in [-0.1, -0.05) is 0 Å². The number of anilines is 1. The Morgan fingerprint density at radius 1 is 1.26 bits per heavy atom. The maximum absolute atomic E-state index is 4.54. The summed E-state index contributed by atoms with van der Waals surface area (Å²) in [4.78, 5) is 15.1. The molecule has 5 nitrogen and oxygen atoms in total. The van der Waals surface area contributed by atoms with E-state index < -0.39 is 0 Å². The van der Waals surface area contributed by atoms with E-state index in [2.05, 4.69) is 37.5 Å². The fourth-order valence-electron chi connectivity index (χ4n) is 1.86. The standard InChI is InChI=1S/C13H12IN5/c1-18(2)12-6-16-10(5-9(12)14)11-7-19-8-15-4-3-13(19)17-11/h3-8H,1-2H3. The van der Waals surface area contributed by atoms with Gasteiger partial charge in [-0.3, -0.25) is 9.38 Å². The van der Waals surface area contributed by atoms with E-state index in [0.717, 1.165) is 26.3 Å². The van der Waals surface area contributed by atoms with Gasteiger partial charge in [0.05, 0.1) is 17.6 Å².